The first-order valence-corrected chi connectivity index (χ1v) is 10.1. The summed E-state index contributed by atoms with van der Waals surface area (Å²) in [6, 6.07) is 13.9. The van der Waals surface area contributed by atoms with E-state index >= 15 is 0 Å². The largest absolute Gasteiger partial charge is 0.319 e. The molecule has 0 atom stereocenters. The van der Waals surface area contributed by atoms with Crippen LogP contribution >= 0.6 is 11.6 Å². The lowest BCUT2D eigenvalue weighted by atomic mass is 10.1. The summed E-state index contributed by atoms with van der Waals surface area (Å²) in [6.45, 7) is 4.57. The molecule has 0 aliphatic rings. The molecule has 0 saturated carbocycles. The van der Waals surface area contributed by atoms with Gasteiger partial charge in [0.2, 0.25) is 0 Å². The van der Waals surface area contributed by atoms with Crippen LogP contribution in [0.4, 0.5) is 10.1 Å². The van der Waals surface area contributed by atoms with Gasteiger partial charge in [0.25, 0.3) is 5.91 Å². The number of halogens is 2. The molecule has 0 saturated heterocycles. The number of aryl methyl sites for hydroxylation is 1. The third-order valence-electron chi connectivity index (χ3n) is 5.00. The van der Waals surface area contributed by atoms with Crippen molar-refractivity contribution in [2.45, 2.75) is 26.9 Å². The zero-order valence-corrected chi connectivity index (χ0v) is 17.9. The van der Waals surface area contributed by atoms with Gasteiger partial charge in [0.1, 0.15) is 5.82 Å². The second-order valence-corrected chi connectivity index (χ2v) is 7.69. The molecule has 0 aliphatic carbocycles. The SMILES string of the molecule is Cc1nn(Cc2cccc(C(=O)Nc3cnn(Cc4ccccc4F)c3)c2)c(C)c1Cl. The van der Waals surface area contributed by atoms with Crippen LogP contribution in [0, 0.1) is 19.7 Å². The van der Waals surface area contributed by atoms with Gasteiger partial charge < -0.3 is 5.32 Å². The molecular formula is C23H21ClFN5O. The van der Waals surface area contributed by atoms with Crippen molar-refractivity contribution in [3.8, 4) is 0 Å². The fourth-order valence-electron chi connectivity index (χ4n) is 3.33. The average molecular weight is 438 g/mol. The monoisotopic (exact) mass is 437 g/mol. The van der Waals surface area contributed by atoms with Crippen LogP contribution in [0.1, 0.15) is 32.9 Å². The summed E-state index contributed by atoms with van der Waals surface area (Å²) < 4.78 is 17.2. The molecule has 0 unspecified atom stereocenters. The van der Waals surface area contributed by atoms with E-state index in [-0.39, 0.29) is 18.3 Å². The predicted octanol–water partition coefficient (Wildman–Crippen LogP) is 4.84. The van der Waals surface area contributed by atoms with Crippen LogP contribution in [-0.4, -0.2) is 25.5 Å². The molecule has 4 rings (SSSR count). The van der Waals surface area contributed by atoms with Gasteiger partial charge in [-0.2, -0.15) is 10.2 Å². The molecule has 2 aromatic carbocycles. The van der Waals surface area contributed by atoms with Crippen LogP contribution in [0.3, 0.4) is 0 Å². The highest BCUT2D eigenvalue weighted by atomic mass is 35.5. The Kier molecular flexibility index (Phi) is 5.86. The van der Waals surface area contributed by atoms with E-state index in [0.717, 1.165) is 17.0 Å². The lowest BCUT2D eigenvalue weighted by Gasteiger charge is -2.08. The standard InChI is InChI=1S/C23H21ClFN5O/c1-15-22(24)16(2)30(28-15)12-17-6-5-8-18(10-17)23(31)27-20-11-26-29(14-20)13-19-7-3-4-9-21(19)25/h3-11,14H,12-13H2,1-2H3,(H,27,31). The topological polar surface area (TPSA) is 64.7 Å². The fraction of sp³-hybridized carbons (Fsp3) is 0.174. The number of amides is 1. The first-order valence-electron chi connectivity index (χ1n) is 9.76. The summed E-state index contributed by atoms with van der Waals surface area (Å²) in [7, 11) is 0. The normalized spacial score (nSPS) is 11.0. The van der Waals surface area contributed by atoms with Crippen LogP contribution in [0.5, 0.6) is 0 Å². The van der Waals surface area contributed by atoms with E-state index in [1.165, 1.54) is 6.07 Å². The Labute approximate surface area is 184 Å². The number of nitrogens with one attached hydrogen (secondary N) is 1. The Hall–Kier alpha value is -3.45. The molecule has 8 heteroatoms. The fourth-order valence-corrected chi connectivity index (χ4v) is 3.47. The number of carbonyl (C=O) groups is 1. The molecule has 0 radical (unpaired) electrons. The van der Waals surface area contributed by atoms with Crippen molar-refractivity contribution >= 4 is 23.2 Å². The highest BCUT2D eigenvalue weighted by Gasteiger charge is 2.12. The summed E-state index contributed by atoms with van der Waals surface area (Å²) >= 11 is 6.22. The quantitative estimate of drug-likeness (QED) is 0.469. The lowest BCUT2D eigenvalue weighted by molar-refractivity contribution is 0.102. The number of rotatable bonds is 6. The molecule has 0 bridgehead atoms. The highest BCUT2D eigenvalue weighted by Crippen LogP contribution is 2.20. The van der Waals surface area contributed by atoms with Gasteiger partial charge in [-0.1, -0.05) is 41.9 Å². The number of carbonyl (C=O) groups excluding carboxylic acids is 1. The molecule has 0 aliphatic heterocycles. The Morgan fingerprint density at radius 1 is 1.13 bits per heavy atom. The van der Waals surface area contributed by atoms with Crippen LogP contribution in [-0.2, 0) is 13.1 Å². The maximum Gasteiger partial charge on any atom is 0.255 e. The molecule has 31 heavy (non-hydrogen) atoms. The zero-order chi connectivity index (χ0) is 22.0. The molecule has 0 fully saturated rings. The van der Waals surface area contributed by atoms with E-state index < -0.39 is 0 Å². The van der Waals surface area contributed by atoms with Crippen LogP contribution in [0.25, 0.3) is 0 Å². The highest BCUT2D eigenvalue weighted by molar-refractivity contribution is 6.31. The molecule has 0 spiro atoms. The van der Waals surface area contributed by atoms with Crippen molar-refractivity contribution in [1.82, 2.24) is 19.6 Å². The van der Waals surface area contributed by atoms with Crippen LogP contribution in [0.2, 0.25) is 5.02 Å². The number of benzene rings is 2. The van der Waals surface area contributed by atoms with E-state index in [9.17, 15) is 9.18 Å². The second kappa shape index (κ2) is 8.73. The van der Waals surface area contributed by atoms with Crippen molar-refractivity contribution in [1.29, 1.82) is 0 Å². The zero-order valence-electron chi connectivity index (χ0n) is 17.1. The first-order chi connectivity index (χ1) is 14.9. The summed E-state index contributed by atoms with van der Waals surface area (Å²) in [4.78, 5) is 12.7. The molecule has 158 valence electrons. The summed E-state index contributed by atoms with van der Waals surface area (Å²) in [5.41, 5.74) is 4.19. The van der Waals surface area contributed by atoms with E-state index in [2.05, 4.69) is 15.5 Å². The number of hydrogen-bond acceptors (Lipinski definition) is 3. The molecule has 1 N–H and O–H groups in total. The van der Waals surface area contributed by atoms with Gasteiger partial charge in [-0.05, 0) is 37.6 Å². The number of anilines is 1. The third-order valence-corrected chi connectivity index (χ3v) is 5.54. The van der Waals surface area contributed by atoms with Crippen molar-refractivity contribution < 1.29 is 9.18 Å². The van der Waals surface area contributed by atoms with Gasteiger partial charge in [0, 0.05) is 17.3 Å². The van der Waals surface area contributed by atoms with Gasteiger partial charge in [-0.3, -0.25) is 14.2 Å². The Balaban J connectivity index is 1.44. The molecule has 1 amide bonds. The Morgan fingerprint density at radius 2 is 1.94 bits per heavy atom. The van der Waals surface area contributed by atoms with Crippen LogP contribution < -0.4 is 5.32 Å². The van der Waals surface area contributed by atoms with Gasteiger partial charge in [-0.15, -0.1) is 0 Å². The van der Waals surface area contributed by atoms with Crippen molar-refractivity contribution in [3.05, 3.63) is 99.8 Å². The van der Waals surface area contributed by atoms with Crippen molar-refractivity contribution in [2.75, 3.05) is 5.32 Å². The van der Waals surface area contributed by atoms with Crippen LogP contribution in [0.15, 0.2) is 60.9 Å². The molecule has 2 heterocycles. The molecule has 2 aromatic heterocycles. The smallest absolute Gasteiger partial charge is 0.255 e. The Bertz CT molecular complexity index is 1250. The van der Waals surface area contributed by atoms with E-state index in [1.807, 2.05) is 36.7 Å². The van der Waals surface area contributed by atoms with Crippen molar-refractivity contribution in [3.63, 3.8) is 0 Å². The number of nitrogens with zero attached hydrogens (tertiary/aromatic N) is 4. The number of aromatic nitrogens is 4. The third kappa shape index (κ3) is 4.67. The number of hydrogen-bond donors (Lipinski definition) is 1. The van der Waals surface area contributed by atoms with Gasteiger partial charge in [0.15, 0.2) is 0 Å². The maximum atomic E-state index is 13.8. The lowest BCUT2D eigenvalue weighted by Crippen LogP contribution is -2.12. The maximum absolute atomic E-state index is 13.8. The predicted molar refractivity (Wildman–Crippen MR) is 118 cm³/mol. The first kappa shape index (κ1) is 20.8. The second-order valence-electron chi connectivity index (χ2n) is 7.31. The average Bonchev–Trinajstić information content (AvgIpc) is 3.29. The van der Waals surface area contributed by atoms with Gasteiger partial charge in [0.05, 0.1) is 41.4 Å². The van der Waals surface area contributed by atoms with Crippen molar-refractivity contribution in [2.24, 2.45) is 0 Å². The van der Waals surface area contributed by atoms with Gasteiger partial charge in [-0.25, -0.2) is 4.39 Å². The minimum absolute atomic E-state index is 0.251. The molecule has 4 aromatic rings. The van der Waals surface area contributed by atoms with E-state index in [1.54, 1.807) is 41.3 Å². The molecule has 6 nitrogen and oxygen atoms in total. The van der Waals surface area contributed by atoms with E-state index in [4.69, 9.17) is 11.6 Å². The summed E-state index contributed by atoms with van der Waals surface area (Å²) in [6.07, 6.45) is 3.21. The minimum Gasteiger partial charge on any atom is -0.319 e. The summed E-state index contributed by atoms with van der Waals surface area (Å²) in [5.74, 6) is -0.539. The minimum atomic E-state index is -0.288. The summed E-state index contributed by atoms with van der Waals surface area (Å²) in [5, 5.41) is 12.1. The van der Waals surface area contributed by atoms with Gasteiger partial charge >= 0.3 is 0 Å². The molecular weight excluding hydrogens is 417 g/mol. The Morgan fingerprint density at radius 3 is 2.68 bits per heavy atom. The van der Waals surface area contributed by atoms with E-state index in [0.29, 0.717) is 28.4 Å².